The summed E-state index contributed by atoms with van der Waals surface area (Å²) in [6.07, 6.45) is 9.99. The van der Waals surface area contributed by atoms with Gasteiger partial charge in [-0.05, 0) is 13.3 Å². The maximum absolute atomic E-state index is 11.3. The molecule has 0 aromatic rings. The van der Waals surface area contributed by atoms with Crippen molar-refractivity contribution in [2.75, 3.05) is 0 Å². The Morgan fingerprint density at radius 3 is 1.85 bits per heavy atom. The Kier molecular flexibility index (Phi) is 15.2. The highest BCUT2D eigenvalue weighted by Crippen LogP contribution is 2.11. The van der Waals surface area contributed by atoms with Crippen LogP contribution in [0.3, 0.4) is 0 Å². The minimum Gasteiger partial charge on any atom is -0.479 e. The smallest absolute Gasteiger partial charge is 0.344 e. The van der Waals surface area contributed by atoms with Crippen LogP contribution >= 0.6 is 0 Å². The molecule has 5 nitrogen and oxygen atoms in total. The average Bonchev–Trinajstić information content (AvgIpc) is 2.36. The number of hydrogen-bond acceptors (Lipinski definition) is 4. The largest absolute Gasteiger partial charge is 0.479 e. The maximum atomic E-state index is 11.3. The first kappa shape index (κ1) is 21.2. The third-order valence-electron chi connectivity index (χ3n) is 3.14. The van der Waals surface area contributed by atoms with Gasteiger partial charge in [-0.1, -0.05) is 58.3 Å². The van der Waals surface area contributed by atoms with Gasteiger partial charge in [-0.2, -0.15) is 0 Å². The SMILES string of the molecule is CCCCCCCCCCCC(=O)OC(C)C(=O)O.N. The Morgan fingerprint density at radius 2 is 1.40 bits per heavy atom. The molecule has 0 aliphatic rings. The first-order valence-electron chi connectivity index (χ1n) is 7.50. The summed E-state index contributed by atoms with van der Waals surface area (Å²) in [6, 6.07) is 0. The van der Waals surface area contributed by atoms with Crippen molar-refractivity contribution in [3.05, 3.63) is 0 Å². The molecule has 5 heteroatoms. The van der Waals surface area contributed by atoms with Crippen molar-refractivity contribution in [3.63, 3.8) is 0 Å². The molecule has 0 rings (SSSR count). The second-order valence-electron chi connectivity index (χ2n) is 5.05. The van der Waals surface area contributed by atoms with E-state index in [4.69, 9.17) is 9.84 Å². The Labute approximate surface area is 122 Å². The summed E-state index contributed by atoms with van der Waals surface area (Å²) in [4.78, 5) is 21.8. The van der Waals surface area contributed by atoms with Crippen LogP contribution in [0.15, 0.2) is 0 Å². The molecule has 20 heavy (non-hydrogen) atoms. The zero-order valence-corrected chi connectivity index (χ0v) is 13.0. The zero-order valence-electron chi connectivity index (χ0n) is 13.0. The van der Waals surface area contributed by atoms with Gasteiger partial charge in [0.05, 0.1) is 0 Å². The van der Waals surface area contributed by atoms with Crippen molar-refractivity contribution < 1.29 is 19.4 Å². The van der Waals surface area contributed by atoms with Gasteiger partial charge >= 0.3 is 11.9 Å². The first-order chi connectivity index (χ1) is 9.07. The number of carboxylic acids is 1. The minimum absolute atomic E-state index is 0. The summed E-state index contributed by atoms with van der Waals surface area (Å²) < 4.78 is 4.75. The fourth-order valence-corrected chi connectivity index (χ4v) is 1.89. The minimum atomic E-state index is -1.10. The summed E-state index contributed by atoms with van der Waals surface area (Å²) in [5, 5.41) is 8.58. The Hall–Kier alpha value is -1.10. The number of ether oxygens (including phenoxy) is 1. The van der Waals surface area contributed by atoms with Crippen LogP contribution in [0, 0.1) is 0 Å². The number of carbonyl (C=O) groups is 2. The highest BCUT2D eigenvalue weighted by atomic mass is 16.6. The third kappa shape index (κ3) is 13.3. The number of rotatable bonds is 12. The molecule has 0 aliphatic heterocycles. The van der Waals surface area contributed by atoms with Gasteiger partial charge in [0, 0.05) is 6.42 Å². The van der Waals surface area contributed by atoms with E-state index in [0.29, 0.717) is 6.42 Å². The molecule has 0 aromatic carbocycles. The molecule has 0 spiro atoms. The fourth-order valence-electron chi connectivity index (χ4n) is 1.89. The summed E-state index contributed by atoms with van der Waals surface area (Å²) in [6.45, 7) is 3.58. The summed E-state index contributed by atoms with van der Waals surface area (Å²) in [5.74, 6) is -1.50. The van der Waals surface area contributed by atoms with Crippen LogP contribution in [0.25, 0.3) is 0 Å². The average molecular weight is 289 g/mol. The van der Waals surface area contributed by atoms with Crippen molar-refractivity contribution in [3.8, 4) is 0 Å². The van der Waals surface area contributed by atoms with E-state index >= 15 is 0 Å². The van der Waals surface area contributed by atoms with E-state index in [0.717, 1.165) is 19.3 Å². The Bertz CT molecular complexity index is 256. The third-order valence-corrected chi connectivity index (χ3v) is 3.14. The van der Waals surface area contributed by atoms with Crippen LogP contribution in [-0.2, 0) is 14.3 Å². The molecular formula is C15H31NO4. The summed E-state index contributed by atoms with van der Waals surface area (Å²) in [5.41, 5.74) is 0. The lowest BCUT2D eigenvalue weighted by atomic mass is 10.1. The van der Waals surface area contributed by atoms with Crippen LogP contribution in [0.1, 0.15) is 78.1 Å². The first-order valence-corrected chi connectivity index (χ1v) is 7.50. The highest BCUT2D eigenvalue weighted by Gasteiger charge is 2.15. The van der Waals surface area contributed by atoms with E-state index in [1.807, 2.05) is 0 Å². The number of carbonyl (C=O) groups excluding carboxylic acids is 1. The maximum Gasteiger partial charge on any atom is 0.344 e. The topological polar surface area (TPSA) is 98.6 Å². The molecule has 0 amide bonds. The monoisotopic (exact) mass is 289 g/mol. The van der Waals surface area contributed by atoms with E-state index in [2.05, 4.69) is 6.92 Å². The second kappa shape index (κ2) is 14.3. The summed E-state index contributed by atoms with van der Waals surface area (Å²) in [7, 11) is 0. The van der Waals surface area contributed by atoms with Gasteiger partial charge in [0.1, 0.15) is 0 Å². The molecule has 0 fully saturated rings. The van der Waals surface area contributed by atoms with Crippen molar-refractivity contribution in [2.24, 2.45) is 0 Å². The van der Waals surface area contributed by atoms with Crippen LogP contribution in [-0.4, -0.2) is 23.1 Å². The molecule has 1 atom stereocenters. The highest BCUT2D eigenvalue weighted by molar-refractivity contribution is 5.77. The molecule has 0 aromatic heterocycles. The molecule has 4 N–H and O–H groups in total. The quantitative estimate of drug-likeness (QED) is 0.416. The van der Waals surface area contributed by atoms with Crippen molar-refractivity contribution in [2.45, 2.75) is 84.2 Å². The number of carboxylic acid groups (broad SMARTS) is 1. The molecule has 0 aliphatic carbocycles. The van der Waals surface area contributed by atoms with E-state index in [1.165, 1.54) is 45.4 Å². The molecular weight excluding hydrogens is 258 g/mol. The Morgan fingerprint density at radius 1 is 0.950 bits per heavy atom. The molecule has 1 unspecified atom stereocenters. The van der Waals surface area contributed by atoms with Crippen LogP contribution in [0.2, 0.25) is 0 Å². The van der Waals surface area contributed by atoms with Gasteiger partial charge in [0.25, 0.3) is 0 Å². The van der Waals surface area contributed by atoms with Crippen molar-refractivity contribution in [1.82, 2.24) is 6.15 Å². The van der Waals surface area contributed by atoms with Gasteiger partial charge in [-0.3, -0.25) is 4.79 Å². The van der Waals surface area contributed by atoms with Gasteiger partial charge in [0.2, 0.25) is 0 Å². The number of unbranched alkanes of at least 4 members (excludes halogenated alkanes) is 8. The lowest BCUT2D eigenvalue weighted by Crippen LogP contribution is -2.23. The van der Waals surface area contributed by atoms with E-state index < -0.39 is 18.0 Å². The molecule has 0 saturated heterocycles. The van der Waals surface area contributed by atoms with Crippen molar-refractivity contribution in [1.29, 1.82) is 0 Å². The van der Waals surface area contributed by atoms with Gasteiger partial charge in [-0.25, -0.2) is 4.79 Å². The molecule has 0 bridgehead atoms. The lowest BCUT2D eigenvalue weighted by molar-refractivity contribution is -0.162. The van der Waals surface area contributed by atoms with Gasteiger partial charge < -0.3 is 16.0 Å². The predicted molar refractivity (Wildman–Crippen MR) is 80.1 cm³/mol. The fraction of sp³-hybridized carbons (Fsp3) is 0.867. The zero-order chi connectivity index (χ0) is 14.5. The van der Waals surface area contributed by atoms with Crippen LogP contribution in [0.4, 0.5) is 0 Å². The Balaban J connectivity index is 0. The molecule has 0 heterocycles. The molecule has 0 radical (unpaired) electrons. The number of esters is 1. The standard InChI is InChI=1S/C15H28O4.H3N/c1-3-4-5-6-7-8-9-10-11-12-14(16)19-13(2)15(17)18;/h13H,3-12H2,1-2H3,(H,17,18);1H3. The molecule has 0 saturated carbocycles. The van der Waals surface area contributed by atoms with E-state index in [1.54, 1.807) is 0 Å². The summed E-state index contributed by atoms with van der Waals surface area (Å²) >= 11 is 0. The van der Waals surface area contributed by atoms with Crippen molar-refractivity contribution >= 4 is 11.9 Å². The molecule has 120 valence electrons. The van der Waals surface area contributed by atoms with Crippen LogP contribution in [0.5, 0.6) is 0 Å². The predicted octanol–water partition coefficient (Wildman–Crippen LogP) is 4.09. The van der Waals surface area contributed by atoms with Crippen LogP contribution < -0.4 is 6.15 Å². The van der Waals surface area contributed by atoms with Gasteiger partial charge in [-0.15, -0.1) is 0 Å². The lowest BCUT2D eigenvalue weighted by Gasteiger charge is -2.08. The normalized spacial score (nSPS) is 11.5. The van der Waals surface area contributed by atoms with E-state index in [9.17, 15) is 9.59 Å². The van der Waals surface area contributed by atoms with E-state index in [-0.39, 0.29) is 6.15 Å². The number of aliphatic carboxylic acids is 1. The second-order valence-corrected chi connectivity index (χ2v) is 5.05. The number of hydrogen-bond donors (Lipinski definition) is 2. The van der Waals surface area contributed by atoms with Gasteiger partial charge in [0.15, 0.2) is 6.10 Å².